The Morgan fingerprint density at radius 1 is 1.29 bits per heavy atom. The number of aryl methyl sites for hydroxylation is 1. The number of benzene rings is 2. The van der Waals surface area contributed by atoms with Gasteiger partial charge in [-0.15, -0.1) is 0 Å². The monoisotopic (exact) mass is 495 g/mol. The Hall–Kier alpha value is -3.98. The maximum atomic E-state index is 14.2. The molecule has 0 N–H and O–H groups in total. The van der Waals surface area contributed by atoms with Crippen LogP contribution in [0.15, 0.2) is 65.2 Å². The fourth-order valence-electron chi connectivity index (χ4n) is 4.43. The van der Waals surface area contributed by atoms with Gasteiger partial charge in [-0.05, 0) is 43.2 Å². The van der Waals surface area contributed by atoms with Gasteiger partial charge in [0.15, 0.2) is 5.69 Å². The molecule has 35 heavy (non-hydrogen) atoms. The minimum Gasteiger partial charge on any atom is -0.463 e. The molecule has 1 aromatic heterocycles. The van der Waals surface area contributed by atoms with Crippen LogP contribution < -0.4 is 4.90 Å². The van der Waals surface area contributed by atoms with E-state index < -0.39 is 22.2 Å². The van der Waals surface area contributed by atoms with Gasteiger partial charge in [0, 0.05) is 17.1 Å². The molecule has 0 spiro atoms. The number of carbonyl (C=O) groups excluding carboxylic acids is 2. The second-order valence-corrected chi connectivity index (χ2v) is 8.55. The van der Waals surface area contributed by atoms with Crippen molar-refractivity contribution in [3.8, 4) is 0 Å². The lowest BCUT2D eigenvalue weighted by molar-refractivity contribution is -0.386. The van der Waals surface area contributed by atoms with E-state index >= 15 is 0 Å². The third-order valence-corrected chi connectivity index (χ3v) is 6.28. The molecular formula is C25H22ClN3O6. The van der Waals surface area contributed by atoms with Crippen LogP contribution in [0.3, 0.4) is 0 Å². The molecule has 9 nitrogen and oxygen atoms in total. The fraction of sp³-hybridized carbons (Fsp3) is 0.240. The number of anilines is 1. The van der Waals surface area contributed by atoms with E-state index in [0.29, 0.717) is 16.3 Å². The second kappa shape index (κ2) is 9.34. The number of nitrogens with zero attached hydrogens (tertiary/aromatic N) is 3. The number of esters is 1. The van der Waals surface area contributed by atoms with Crippen molar-refractivity contribution in [3.63, 3.8) is 0 Å². The molecule has 3 aromatic rings. The van der Waals surface area contributed by atoms with Gasteiger partial charge in [-0.25, -0.2) is 4.79 Å². The number of nitro groups is 1. The number of amides is 1. The quantitative estimate of drug-likeness (QED) is 0.192. The first kappa shape index (κ1) is 24.2. The van der Waals surface area contributed by atoms with Gasteiger partial charge in [-0.2, -0.15) is 0 Å². The summed E-state index contributed by atoms with van der Waals surface area (Å²) in [6.45, 7) is 7.24. The average Bonchev–Trinajstić information content (AvgIpc) is 3.30. The molecule has 0 radical (unpaired) electrons. The molecule has 2 heterocycles. The van der Waals surface area contributed by atoms with Crippen LogP contribution in [-0.2, 0) is 32.7 Å². The highest BCUT2D eigenvalue weighted by Crippen LogP contribution is 2.50. The lowest BCUT2D eigenvalue weighted by atomic mass is 9.72. The summed E-state index contributed by atoms with van der Waals surface area (Å²) in [6.07, 6.45) is -0.362. The molecule has 4 rings (SSSR count). The van der Waals surface area contributed by atoms with Crippen molar-refractivity contribution in [1.82, 2.24) is 5.16 Å². The molecule has 180 valence electrons. The summed E-state index contributed by atoms with van der Waals surface area (Å²) in [5.74, 6) is -1.45. The molecule has 1 aliphatic heterocycles. The third kappa shape index (κ3) is 4.08. The van der Waals surface area contributed by atoms with Gasteiger partial charge in [0.1, 0.15) is 5.41 Å². The summed E-state index contributed by atoms with van der Waals surface area (Å²) in [5.41, 5.74) is -0.496. The van der Waals surface area contributed by atoms with Crippen LogP contribution in [0.5, 0.6) is 0 Å². The Kier molecular flexibility index (Phi) is 6.45. The van der Waals surface area contributed by atoms with Crippen LogP contribution >= 0.6 is 11.6 Å². The van der Waals surface area contributed by atoms with Crippen LogP contribution in [0.1, 0.15) is 29.5 Å². The van der Waals surface area contributed by atoms with E-state index in [1.807, 2.05) is 30.3 Å². The van der Waals surface area contributed by atoms with E-state index in [0.717, 1.165) is 5.56 Å². The summed E-state index contributed by atoms with van der Waals surface area (Å²) >= 11 is 6.32. The van der Waals surface area contributed by atoms with Crippen LogP contribution in [0, 0.1) is 17.0 Å². The summed E-state index contributed by atoms with van der Waals surface area (Å²) in [6, 6.07) is 14.2. The summed E-state index contributed by atoms with van der Waals surface area (Å²) in [4.78, 5) is 39.8. The zero-order chi connectivity index (χ0) is 25.3. The van der Waals surface area contributed by atoms with Crippen molar-refractivity contribution in [2.24, 2.45) is 0 Å². The number of aromatic nitrogens is 1. The highest BCUT2D eigenvalue weighted by atomic mass is 35.5. The minimum absolute atomic E-state index is 0.0554. The lowest BCUT2D eigenvalue weighted by Gasteiger charge is -2.29. The van der Waals surface area contributed by atoms with Crippen molar-refractivity contribution in [1.29, 1.82) is 0 Å². The molecule has 0 aliphatic carbocycles. The summed E-state index contributed by atoms with van der Waals surface area (Å²) in [7, 11) is 0. The first-order valence-corrected chi connectivity index (χ1v) is 11.2. The first-order chi connectivity index (χ1) is 16.7. The Labute approximate surface area is 206 Å². The van der Waals surface area contributed by atoms with Crippen molar-refractivity contribution in [2.45, 2.75) is 32.2 Å². The number of ether oxygens (including phenoxy) is 1. The molecule has 0 fully saturated rings. The maximum absolute atomic E-state index is 14.2. The number of hydrogen-bond donors (Lipinski definition) is 0. The number of carbonyl (C=O) groups is 2. The zero-order valence-corrected chi connectivity index (χ0v) is 19.9. The topological polar surface area (TPSA) is 116 Å². The van der Waals surface area contributed by atoms with Gasteiger partial charge in [0.2, 0.25) is 11.7 Å². The molecule has 0 bridgehead atoms. The van der Waals surface area contributed by atoms with Gasteiger partial charge in [-0.1, -0.05) is 53.7 Å². The van der Waals surface area contributed by atoms with Crippen LogP contribution in [0.25, 0.3) is 0 Å². The Bertz CT molecular complexity index is 1340. The Morgan fingerprint density at radius 2 is 2.00 bits per heavy atom. The molecule has 0 saturated carbocycles. The smallest absolute Gasteiger partial charge is 0.334 e. The fourth-order valence-corrected chi connectivity index (χ4v) is 4.60. The normalized spacial score (nSPS) is 16.8. The van der Waals surface area contributed by atoms with E-state index in [-0.39, 0.29) is 42.3 Å². The van der Waals surface area contributed by atoms with Crippen molar-refractivity contribution in [2.75, 3.05) is 11.5 Å². The molecule has 10 heteroatoms. The third-order valence-electron chi connectivity index (χ3n) is 6.05. The van der Waals surface area contributed by atoms with E-state index in [2.05, 4.69) is 11.7 Å². The van der Waals surface area contributed by atoms with Crippen molar-refractivity contribution >= 4 is 34.9 Å². The van der Waals surface area contributed by atoms with Crippen molar-refractivity contribution in [3.05, 3.63) is 98.4 Å². The van der Waals surface area contributed by atoms with E-state index in [9.17, 15) is 19.7 Å². The van der Waals surface area contributed by atoms with Crippen molar-refractivity contribution < 1.29 is 23.8 Å². The van der Waals surface area contributed by atoms with Crippen LogP contribution in [0.2, 0.25) is 5.02 Å². The van der Waals surface area contributed by atoms with Crippen LogP contribution in [0.4, 0.5) is 11.4 Å². The number of hydrogen-bond acceptors (Lipinski definition) is 7. The van der Waals surface area contributed by atoms with Gasteiger partial charge in [0.05, 0.1) is 23.6 Å². The molecule has 1 unspecified atom stereocenters. The molecule has 1 amide bonds. The highest BCUT2D eigenvalue weighted by molar-refractivity contribution is 6.31. The maximum Gasteiger partial charge on any atom is 0.334 e. The molecule has 2 aromatic carbocycles. The average molecular weight is 496 g/mol. The standard InChI is InChI=1S/C25H22ClN3O6/c1-4-34-23(30)15(2)25(13-21-22(29(32)33)16(3)27-35-21)19-12-18(26)10-11-20(19)28(24(25)31)14-17-8-6-5-7-9-17/h5-12H,2,4,13-14H2,1,3H3. The largest absolute Gasteiger partial charge is 0.463 e. The van der Waals surface area contributed by atoms with E-state index in [1.165, 1.54) is 11.8 Å². The van der Waals surface area contributed by atoms with E-state index in [1.54, 1.807) is 25.1 Å². The first-order valence-electron chi connectivity index (χ1n) is 10.8. The summed E-state index contributed by atoms with van der Waals surface area (Å²) in [5, 5.41) is 15.8. The van der Waals surface area contributed by atoms with Gasteiger partial charge in [-0.3, -0.25) is 14.9 Å². The Balaban J connectivity index is 1.94. The molecule has 0 saturated heterocycles. The summed E-state index contributed by atoms with van der Waals surface area (Å²) < 4.78 is 10.5. The highest BCUT2D eigenvalue weighted by Gasteiger charge is 2.56. The molecule has 1 atom stereocenters. The predicted octanol–water partition coefficient (Wildman–Crippen LogP) is 4.69. The Morgan fingerprint density at radius 3 is 2.66 bits per heavy atom. The van der Waals surface area contributed by atoms with E-state index in [4.69, 9.17) is 20.9 Å². The molecule has 1 aliphatic rings. The van der Waals surface area contributed by atoms with Gasteiger partial charge >= 0.3 is 11.7 Å². The minimum atomic E-state index is -1.75. The number of fused-ring (bicyclic) bond motifs is 1. The predicted molar refractivity (Wildman–Crippen MR) is 128 cm³/mol. The lowest BCUT2D eigenvalue weighted by Crippen LogP contribution is -2.45. The number of rotatable bonds is 8. The van der Waals surface area contributed by atoms with Gasteiger partial charge < -0.3 is 14.2 Å². The van der Waals surface area contributed by atoms with Gasteiger partial charge in [0.25, 0.3) is 0 Å². The second-order valence-electron chi connectivity index (χ2n) is 8.12. The van der Waals surface area contributed by atoms with Crippen LogP contribution in [-0.4, -0.2) is 28.6 Å². The number of halogens is 1. The SMILES string of the molecule is C=C(C(=O)OCC)C1(Cc2onc(C)c2[N+](=O)[O-])C(=O)N(Cc2ccccc2)c2ccc(Cl)cc21. The zero-order valence-electron chi connectivity index (χ0n) is 19.1. The molecular weight excluding hydrogens is 474 g/mol.